The molecule has 0 aliphatic carbocycles. The van der Waals surface area contributed by atoms with Gasteiger partial charge in [-0.25, -0.2) is 9.13 Å². The number of phosphoric acid groups is 2. The van der Waals surface area contributed by atoms with E-state index in [1.165, 1.54) is 212 Å². The second-order valence-electron chi connectivity index (χ2n) is 28.3. The highest BCUT2D eigenvalue weighted by Crippen LogP contribution is 2.45. The van der Waals surface area contributed by atoms with Gasteiger partial charge in [0, 0.05) is 25.7 Å². The normalized spacial score (nSPS) is 14.0. The molecule has 19 heteroatoms. The van der Waals surface area contributed by atoms with Gasteiger partial charge in [0.05, 0.1) is 26.4 Å². The van der Waals surface area contributed by atoms with Crippen LogP contribution in [0.5, 0.6) is 0 Å². The third-order valence-corrected chi connectivity index (χ3v) is 19.6. The minimum absolute atomic E-state index is 0.105. The van der Waals surface area contributed by atoms with Crippen LogP contribution in [0.4, 0.5) is 0 Å². The van der Waals surface area contributed by atoms with Gasteiger partial charge in [0.15, 0.2) is 12.2 Å². The van der Waals surface area contributed by atoms with Gasteiger partial charge in [0.2, 0.25) is 0 Å². The molecule has 564 valence electrons. The quantitative estimate of drug-likeness (QED) is 0.0222. The fourth-order valence-electron chi connectivity index (χ4n) is 11.7. The molecule has 0 aromatic carbocycles. The lowest BCUT2D eigenvalue weighted by Gasteiger charge is -2.21. The van der Waals surface area contributed by atoms with Crippen molar-refractivity contribution in [2.45, 2.75) is 413 Å². The minimum atomic E-state index is -4.96. The van der Waals surface area contributed by atoms with E-state index in [2.05, 4.69) is 41.5 Å². The predicted molar refractivity (Wildman–Crippen MR) is 386 cm³/mol. The van der Waals surface area contributed by atoms with Gasteiger partial charge >= 0.3 is 39.5 Å². The van der Waals surface area contributed by atoms with E-state index in [-0.39, 0.29) is 25.7 Å². The Kier molecular flexibility index (Phi) is 66.5. The highest BCUT2D eigenvalue weighted by atomic mass is 31.2. The standard InChI is InChI=1S/C76H148O17P2/c1-7-9-11-13-15-17-18-19-20-23-26-29-35-41-47-53-59-74(79)87-65-72(92-75(80)60-54-48-42-36-30-27-24-21-22-25-28-33-38-44-50-56-68(3)4)67-91-95(84,85)89-63-70(77)62-88-94(82,83)90-66-71(64-86-73(78)58-52-46-40-32-16-14-12-10-8-2)93-76(81)61-55-49-43-37-31-34-39-45-51-57-69(5)6/h68-72,77H,7-67H2,1-6H3,(H,82,83)(H,84,85)/t70-,71+,72+/m0/s1. The first kappa shape index (κ1) is 93.1. The maximum absolute atomic E-state index is 13.1. The lowest BCUT2D eigenvalue weighted by Crippen LogP contribution is -2.30. The number of phosphoric ester groups is 2. The summed E-state index contributed by atoms with van der Waals surface area (Å²) in [5.41, 5.74) is 0. The van der Waals surface area contributed by atoms with E-state index in [0.29, 0.717) is 25.7 Å². The lowest BCUT2D eigenvalue weighted by molar-refractivity contribution is -0.161. The van der Waals surface area contributed by atoms with Gasteiger partial charge in [-0.1, -0.05) is 343 Å². The Labute approximate surface area is 581 Å². The summed E-state index contributed by atoms with van der Waals surface area (Å²) in [6.45, 7) is 9.59. The van der Waals surface area contributed by atoms with Crippen LogP contribution >= 0.6 is 15.6 Å². The first-order chi connectivity index (χ1) is 45.9. The zero-order valence-corrected chi connectivity index (χ0v) is 63.8. The van der Waals surface area contributed by atoms with E-state index in [1.54, 1.807) is 0 Å². The van der Waals surface area contributed by atoms with E-state index in [1.807, 2.05) is 0 Å². The first-order valence-electron chi connectivity index (χ1n) is 39.5. The smallest absolute Gasteiger partial charge is 0.462 e. The Hall–Kier alpha value is -1.94. The number of hydrogen-bond acceptors (Lipinski definition) is 15. The van der Waals surface area contributed by atoms with Crippen molar-refractivity contribution >= 4 is 39.5 Å². The molecule has 0 aromatic rings. The van der Waals surface area contributed by atoms with E-state index >= 15 is 0 Å². The summed E-state index contributed by atoms with van der Waals surface area (Å²) in [7, 11) is -9.91. The number of unbranched alkanes of at least 4 members (excludes halogenated alkanes) is 45. The van der Waals surface area contributed by atoms with Crippen LogP contribution in [-0.4, -0.2) is 96.7 Å². The molecule has 0 aromatic heterocycles. The number of rotatable bonds is 75. The molecule has 0 aliphatic heterocycles. The molecular weight excluding hydrogens is 1250 g/mol. The molecule has 2 unspecified atom stereocenters. The van der Waals surface area contributed by atoms with Gasteiger partial charge < -0.3 is 33.8 Å². The van der Waals surface area contributed by atoms with Gasteiger partial charge in [-0.05, 0) is 37.5 Å². The largest absolute Gasteiger partial charge is 0.472 e. The lowest BCUT2D eigenvalue weighted by atomic mass is 10.0. The summed E-state index contributed by atoms with van der Waals surface area (Å²) in [6.07, 6.45) is 55.5. The molecule has 5 atom stereocenters. The molecule has 0 aliphatic rings. The highest BCUT2D eigenvalue weighted by molar-refractivity contribution is 7.47. The summed E-state index contributed by atoms with van der Waals surface area (Å²) in [6, 6.07) is 0. The molecule has 0 saturated heterocycles. The fraction of sp³-hybridized carbons (Fsp3) is 0.947. The van der Waals surface area contributed by atoms with Crippen LogP contribution in [0.3, 0.4) is 0 Å². The number of hydrogen-bond donors (Lipinski definition) is 3. The van der Waals surface area contributed by atoms with Crippen LogP contribution in [0, 0.1) is 11.8 Å². The molecule has 0 heterocycles. The maximum Gasteiger partial charge on any atom is 0.472 e. The van der Waals surface area contributed by atoms with Crippen LogP contribution < -0.4 is 0 Å². The molecule has 95 heavy (non-hydrogen) atoms. The second kappa shape index (κ2) is 67.9. The Morgan fingerprint density at radius 2 is 0.484 bits per heavy atom. The molecule has 0 saturated carbocycles. The van der Waals surface area contributed by atoms with Crippen molar-refractivity contribution in [1.82, 2.24) is 0 Å². The monoisotopic (exact) mass is 1400 g/mol. The molecule has 17 nitrogen and oxygen atoms in total. The summed E-state index contributed by atoms with van der Waals surface area (Å²) in [5.74, 6) is -0.577. The molecule has 0 radical (unpaired) electrons. The fourth-order valence-corrected chi connectivity index (χ4v) is 13.2. The van der Waals surface area contributed by atoms with Gasteiger partial charge in [-0.2, -0.15) is 0 Å². The minimum Gasteiger partial charge on any atom is -0.462 e. The van der Waals surface area contributed by atoms with Crippen LogP contribution in [0.2, 0.25) is 0 Å². The molecule has 0 fully saturated rings. The Balaban J connectivity index is 5.22. The summed E-state index contributed by atoms with van der Waals surface area (Å²) >= 11 is 0. The van der Waals surface area contributed by atoms with Crippen LogP contribution in [-0.2, 0) is 65.4 Å². The van der Waals surface area contributed by atoms with E-state index in [0.717, 1.165) is 102 Å². The third-order valence-electron chi connectivity index (χ3n) is 17.7. The average molecular weight is 1400 g/mol. The zero-order valence-electron chi connectivity index (χ0n) is 62.0. The number of aliphatic hydroxyl groups is 1. The second-order valence-corrected chi connectivity index (χ2v) is 31.3. The van der Waals surface area contributed by atoms with Gasteiger partial charge in [0.1, 0.15) is 19.3 Å². The molecule has 3 N–H and O–H groups in total. The maximum atomic E-state index is 13.1. The van der Waals surface area contributed by atoms with Crippen LogP contribution in [0.15, 0.2) is 0 Å². The van der Waals surface area contributed by atoms with E-state index in [9.17, 15) is 43.2 Å². The summed E-state index contributed by atoms with van der Waals surface area (Å²) in [5, 5.41) is 10.6. The molecular formula is C76H148O17P2. The predicted octanol–water partition coefficient (Wildman–Crippen LogP) is 22.3. The SMILES string of the molecule is CCCCCCCCCCCCCCCCCCC(=O)OC[C@H](COP(=O)(O)OC[C@@H](O)COP(=O)(O)OC[C@@H](COC(=O)CCCCCCCCCCC)OC(=O)CCCCCCCCCCCC(C)C)OC(=O)CCCCCCCCCCCCCCCCCC(C)C. The topological polar surface area (TPSA) is 237 Å². The van der Waals surface area contributed by atoms with Gasteiger partial charge in [0.25, 0.3) is 0 Å². The number of carbonyl (C=O) groups excluding carboxylic acids is 4. The van der Waals surface area contributed by atoms with Crippen molar-refractivity contribution in [3.63, 3.8) is 0 Å². The van der Waals surface area contributed by atoms with Crippen molar-refractivity contribution in [2.24, 2.45) is 11.8 Å². The molecule has 0 amide bonds. The number of esters is 4. The first-order valence-corrected chi connectivity index (χ1v) is 42.5. The number of aliphatic hydroxyl groups excluding tert-OH is 1. The van der Waals surface area contributed by atoms with Crippen molar-refractivity contribution in [3.8, 4) is 0 Å². The molecule has 0 spiro atoms. The van der Waals surface area contributed by atoms with Crippen molar-refractivity contribution in [1.29, 1.82) is 0 Å². The van der Waals surface area contributed by atoms with Crippen molar-refractivity contribution < 1.29 is 80.2 Å². The van der Waals surface area contributed by atoms with Crippen molar-refractivity contribution in [2.75, 3.05) is 39.6 Å². The Bertz CT molecular complexity index is 1840. The van der Waals surface area contributed by atoms with Gasteiger partial charge in [-0.15, -0.1) is 0 Å². The zero-order chi connectivity index (χ0) is 70.0. The van der Waals surface area contributed by atoms with E-state index in [4.69, 9.17) is 37.0 Å². The van der Waals surface area contributed by atoms with Crippen LogP contribution in [0.25, 0.3) is 0 Å². The van der Waals surface area contributed by atoms with Crippen molar-refractivity contribution in [3.05, 3.63) is 0 Å². The average Bonchev–Trinajstić information content (AvgIpc) is 1.47. The molecule has 0 bridgehead atoms. The van der Waals surface area contributed by atoms with E-state index < -0.39 is 97.5 Å². The third kappa shape index (κ3) is 70.3. The molecule has 0 rings (SSSR count). The van der Waals surface area contributed by atoms with Crippen LogP contribution in [0.1, 0.15) is 395 Å². The van der Waals surface area contributed by atoms with Gasteiger partial charge in [-0.3, -0.25) is 37.3 Å². The summed E-state index contributed by atoms with van der Waals surface area (Å²) < 4.78 is 68.5. The number of carbonyl (C=O) groups is 4. The Morgan fingerprint density at radius 1 is 0.284 bits per heavy atom. The highest BCUT2D eigenvalue weighted by Gasteiger charge is 2.30. The Morgan fingerprint density at radius 3 is 0.716 bits per heavy atom. The summed E-state index contributed by atoms with van der Waals surface area (Å²) in [4.78, 5) is 72.8. The number of ether oxygens (including phenoxy) is 4.